The molecule has 3 heteroatoms. The molecule has 0 unspecified atom stereocenters. The Morgan fingerprint density at radius 2 is 1.82 bits per heavy atom. The standard InChI is InChI=1S/C19H18N2S/c1-3-13-21-18(16-7-5-4-6-8-16)14-22-19(21)20-17-11-9-15(2)10-12-17/h3-12,14H,1,13H2,2H3/p+1. The molecule has 3 rings (SSSR count). The smallest absolute Gasteiger partial charge is 0.231 e. The molecule has 0 atom stereocenters. The lowest BCUT2D eigenvalue weighted by atomic mass is 10.2. The third-order valence-electron chi connectivity index (χ3n) is 3.50. The van der Waals surface area contributed by atoms with Crippen molar-refractivity contribution >= 4 is 22.2 Å². The maximum absolute atomic E-state index is 3.89. The highest BCUT2D eigenvalue weighted by Gasteiger charge is 2.18. The minimum atomic E-state index is 0.780. The zero-order valence-electron chi connectivity index (χ0n) is 12.6. The van der Waals surface area contributed by atoms with Gasteiger partial charge in [-0.25, -0.2) is 9.88 Å². The molecule has 22 heavy (non-hydrogen) atoms. The Balaban J connectivity index is 1.96. The average molecular weight is 307 g/mol. The van der Waals surface area contributed by atoms with Crippen LogP contribution in [0.2, 0.25) is 0 Å². The third-order valence-corrected chi connectivity index (χ3v) is 4.39. The Morgan fingerprint density at radius 1 is 1.09 bits per heavy atom. The number of hydrogen-bond acceptors (Lipinski definition) is 2. The highest BCUT2D eigenvalue weighted by atomic mass is 32.1. The van der Waals surface area contributed by atoms with Crippen molar-refractivity contribution in [3.63, 3.8) is 0 Å². The number of aryl methyl sites for hydroxylation is 1. The lowest BCUT2D eigenvalue weighted by molar-refractivity contribution is -0.657. The van der Waals surface area contributed by atoms with Crippen molar-refractivity contribution in [2.24, 2.45) is 0 Å². The molecule has 0 bridgehead atoms. The second-order valence-electron chi connectivity index (χ2n) is 5.18. The van der Waals surface area contributed by atoms with E-state index < -0.39 is 0 Å². The fourth-order valence-corrected chi connectivity index (χ4v) is 3.31. The largest absolute Gasteiger partial charge is 0.339 e. The lowest BCUT2D eigenvalue weighted by Gasteiger charge is -2.04. The number of nitrogens with zero attached hydrogens (tertiary/aromatic N) is 1. The molecule has 110 valence electrons. The van der Waals surface area contributed by atoms with Gasteiger partial charge in [-0.2, -0.15) is 0 Å². The van der Waals surface area contributed by atoms with E-state index in [1.165, 1.54) is 16.8 Å². The number of rotatable bonds is 5. The first-order valence-electron chi connectivity index (χ1n) is 7.29. The van der Waals surface area contributed by atoms with Crippen LogP contribution in [-0.2, 0) is 6.54 Å². The Morgan fingerprint density at radius 3 is 2.50 bits per heavy atom. The molecule has 0 saturated carbocycles. The Bertz CT molecular complexity index is 758. The first-order chi connectivity index (χ1) is 10.8. The minimum absolute atomic E-state index is 0.780. The van der Waals surface area contributed by atoms with E-state index >= 15 is 0 Å². The van der Waals surface area contributed by atoms with Gasteiger partial charge in [0, 0.05) is 10.9 Å². The van der Waals surface area contributed by atoms with E-state index in [1.54, 1.807) is 11.3 Å². The maximum atomic E-state index is 3.89. The normalized spacial score (nSPS) is 10.4. The van der Waals surface area contributed by atoms with Gasteiger partial charge in [0.15, 0.2) is 0 Å². The topological polar surface area (TPSA) is 15.9 Å². The summed E-state index contributed by atoms with van der Waals surface area (Å²) in [4.78, 5) is 0. The molecule has 1 heterocycles. The summed E-state index contributed by atoms with van der Waals surface area (Å²) >= 11 is 1.71. The van der Waals surface area contributed by atoms with Crippen molar-refractivity contribution in [1.82, 2.24) is 0 Å². The number of hydrogen-bond donors (Lipinski definition) is 1. The van der Waals surface area contributed by atoms with Crippen molar-refractivity contribution < 1.29 is 4.57 Å². The predicted octanol–water partition coefficient (Wildman–Crippen LogP) is 4.94. The Labute approximate surface area is 135 Å². The number of thiazole rings is 1. The van der Waals surface area contributed by atoms with Gasteiger partial charge >= 0.3 is 5.13 Å². The quantitative estimate of drug-likeness (QED) is 0.521. The van der Waals surface area contributed by atoms with Crippen LogP contribution in [0.3, 0.4) is 0 Å². The van der Waals surface area contributed by atoms with E-state index in [0.717, 1.165) is 17.4 Å². The van der Waals surface area contributed by atoms with Crippen LogP contribution in [0.15, 0.2) is 72.6 Å². The van der Waals surface area contributed by atoms with Gasteiger partial charge in [0.2, 0.25) is 0 Å². The van der Waals surface area contributed by atoms with Gasteiger partial charge < -0.3 is 0 Å². The summed E-state index contributed by atoms with van der Waals surface area (Å²) in [5.41, 5.74) is 4.79. The van der Waals surface area contributed by atoms with Crippen LogP contribution in [0.1, 0.15) is 5.56 Å². The number of aromatic nitrogens is 1. The van der Waals surface area contributed by atoms with Crippen molar-refractivity contribution in [1.29, 1.82) is 0 Å². The van der Waals surface area contributed by atoms with E-state index in [-0.39, 0.29) is 0 Å². The second kappa shape index (κ2) is 6.58. The number of anilines is 2. The molecule has 0 aliphatic carbocycles. The number of benzene rings is 2. The van der Waals surface area contributed by atoms with E-state index in [4.69, 9.17) is 0 Å². The molecule has 0 radical (unpaired) electrons. The minimum Gasteiger partial charge on any atom is -0.231 e. The summed E-state index contributed by atoms with van der Waals surface area (Å²) < 4.78 is 2.26. The lowest BCUT2D eigenvalue weighted by Crippen LogP contribution is -2.35. The summed E-state index contributed by atoms with van der Waals surface area (Å²) in [6.45, 7) is 6.76. The fraction of sp³-hybridized carbons (Fsp3) is 0.105. The van der Waals surface area contributed by atoms with Crippen LogP contribution in [0, 0.1) is 6.92 Å². The van der Waals surface area contributed by atoms with E-state index in [2.05, 4.69) is 77.3 Å². The third kappa shape index (κ3) is 3.10. The number of allylic oxidation sites excluding steroid dienone is 1. The summed E-state index contributed by atoms with van der Waals surface area (Å²) in [5, 5.41) is 6.81. The molecule has 0 fully saturated rings. The highest BCUT2D eigenvalue weighted by molar-refractivity contribution is 7.13. The molecule has 0 saturated heterocycles. The maximum Gasteiger partial charge on any atom is 0.339 e. The van der Waals surface area contributed by atoms with E-state index in [1.807, 2.05) is 12.1 Å². The molecule has 0 aliphatic heterocycles. The summed E-state index contributed by atoms with van der Waals surface area (Å²) in [6.07, 6.45) is 1.93. The summed E-state index contributed by atoms with van der Waals surface area (Å²) in [5.74, 6) is 0. The van der Waals surface area contributed by atoms with Gasteiger partial charge in [-0.15, -0.1) is 0 Å². The van der Waals surface area contributed by atoms with Gasteiger partial charge in [0.05, 0.1) is 0 Å². The molecular weight excluding hydrogens is 288 g/mol. The first kappa shape index (κ1) is 14.5. The molecule has 2 aromatic carbocycles. The second-order valence-corrected chi connectivity index (χ2v) is 6.04. The van der Waals surface area contributed by atoms with Crippen LogP contribution < -0.4 is 9.88 Å². The fourth-order valence-electron chi connectivity index (χ4n) is 2.35. The molecule has 3 aromatic rings. The van der Waals surface area contributed by atoms with Gasteiger partial charge in [-0.3, -0.25) is 0 Å². The monoisotopic (exact) mass is 307 g/mol. The summed E-state index contributed by atoms with van der Waals surface area (Å²) in [7, 11) is 0. The summed E-state index contributed by atoms with van der Waals surface area (Å²) in [6, 6.07) is 18.9. The molecular formula is C19H19N2S+. The molecule has 1 aromatic heterocycles. The Kier molecular flexibility index (Phi) is 4.35. The zero-order chi connectivity index (χ0) is 15.4. The van der Waals surface area contributed by atoms with Gasteiger partial charge in [-0.05, 0) is 19.1 Å². The van der Waals surface area contributed by atoms with Crippen LogP contribution in [-0.4, -0.2) is 0 Å². The SMILES string of the molecule is C=CC[n+]1c(-c2ccccc2)csc1Nc1ccc(C)cc1. The number of nitrogens with one attached hydrogen (secondary N) is 1. The van der Waals surface area contributed by atoms with Crippen molar-refractivity contribution in [3.05, 3.63) is 78.2 Å². The van der Waals surface area contributed by atoms with Crippen molar-refractivity contribution in [3.8, 4) is 11.3 Å². The van der Waals surface area contributed by atoms with Crippen LogP contribution >= 0.6 is 11.3 Å². The van der Waals surface area contributed by atoms with E-state index in [9.17, 15) is 0 Å². The highest BCUT2D eigenvalue weighted by Crippen LogP contribution is 2.25. The van der Waals surface area contributed by atoms with Crippen LogP contribution in [0.5, 0.6) is 0 Å². The molecule has 0 amide bonds. The predicted molar refractivity (Wildman–Crippen MR) is 94.6 cm³/mol. The van der Waals surface area contributed by atoms with Gasteiger partial charge in [0.25, 0.3) is 0 Å². The van der Waals surface area contributed by atoms with Crippen molar-refractivity contribution in [2.45, 2.75) is 13.5 Å². The van der Waals surface area contributed by atoms with Crippen molar-refractivity contribution in [2.75, 3.05) is 5.32 Å². The molecule has 2 nitrogen and oxygen atoms in total. The Hall–Kier alpha value is -2.39. The molecule has 0 aliphatic rings. The van der Waals surface area contributed by atoms with Crippen LogP contribution in [0.4, 0.5) is 10.8 Å². The first-order valence-corrected chi connectivity index (χ1v) is 8.17. The molecule has 1 N–H and O–H groups in total. The average Bonchev–Trinajstić information content (AvgIpc) is 2.94. The van der Waals surface area contributed by atoms with Gasteiger partial charge in [-0.1, -0.05) is 72.0 Å². The van der Waals surface area contributed by atoms with Crippen LogP contribution in [0.25, 0.3) is 11.3 Å². The molecule has 0 spiro atoms. The van der Waals surface area contributed by atoms with E-state index in [0.29, 0.717) is 0 Å². The van der Waals surface area contributed by atoms with Gasteiger partial charge in [0.1, 0.15) is 17.9 Å². The zero-order valence-corrected chi connectivity index (χ0v) is 13.4.